The zero-order valence-electron chi connectivity index (χ0n) is 11.2. The minimum atomic E-state index is 0.649. The molecule has 2 bridgehead atoms. The van der Waals surface area contributed by atoms with E-state index in [1.54, 1.807) is 0 Å². The highest BCUT2D eigenvalue weighted by molar-refractivity contribution is 4.95. The van der Waals surface area contributed by atoms with Gasteiger partial charge in [-0.15, -0.1) is 6.58 Å². The van der Waals surface area contributed by atoms with Crippen LogP contribution in [0.25, 0.3) is 0 Å². The van der Waals surface area contributed by atoms with Crippen LogP contribution in [0, 0.1) is 0 Å². The Kier molecular flexibility index (Phi) is 5.01. The molecule has 0 saturated carbocycles. The molecule has 0 aromatic rings. The summed E-state index contributed by atoms with van der Waals surface area (Å²) in [7, 11) is 0. The molecule has 3 heterocycles. The number of fused-ring (bicyclic) bond motifs is 3. The SMILES string of the molecule is C=CCCC(NCCC)C1CN2CCN1CC2. The fraction of sp³-hybridized carbons (Fsp3) is 0.857. The van der Waals surface area contributed by atoms with Crippen LogP contribution in [0.1, 0.15) is 26.2 Å². The summed E-state index contributed by atoms with van der Waals surface area (Å²) in [6, 6.07) is 1.38. The Morgan fingerprint density at radius 1 is 1.35 bits per heavy atom. The smallest absolute Gasteiger partial charge is 0.0377 e. The Morgan fingerprint density at radius 2 is 2.12 bits per heavy atom. The predicted molar refractivity (Wildman–Crippen MR) is 73.3 cm³/mol. The first-order valence-corrected chi connectivity index (χ1v) is 7.15. The van der Waals surface area contributed by atoms with Gasteiger partial charge in [-0.25, -0.2) is 0 Å². The van der Waals surface area contributed by atoms with Crippen molar-refractivity contribution in [2.75, 3.05) is 39.3 Å². The van der Waals surface area contributed by atoms with Gasteiger partial charge >= 0.3 is 0 Å². The Morgan fingerprint density at radius 3 is 2.65 bits per heavy atom. The van der Waals surface area contributed by atoms with Crippen molar-refractivity contribution in [3.05, 3.63) is 12.7 Å². The van der Waals surface area contributed by atoms with Crippen LogP contribution in [0.15, 0.2) is 12.7 Å². The van der Waals surface area contributed by atoms with Gasteiger partial charge in [0, 0.05) is 44.8 Å². The van der Waals surface area contributed by atoms with Gasteiger partial charge in [0.1, 0.15) is 0 Å². The summed E-state index contributed by atoms with van der Waals surface area (Å²) in [6.45, 7) is 13.6. The molecule has 1 N–H and O–H groups in total. The standard InChI is InChI=1S/C14H27N3/c1-3-5-6-13(15-7-4-2)14-12-16-8-10-17(14)11-9-16/h3,13-15H,1,4-12H2,2H3. The fourth-order valence-electron chi connectivity index (χ4n) is 3.10. The van der Waals surface area contributed by atoms with E-state index in [1.807, 2.05) is 0 Å². The van der Waals surface area contributed by atoms with Gasteiger partial charge in [-0.05, 0) is 25.8 Å². The molecule has 0 aromatic heterocycles. The van der Waals surface area contributed by atoms with Crippen molar-refractivity contribution in [1.82, 2.24) is 15.1 Å². The maximum atomic E-state index is 3.85. The lowest BCUT2D eigenvalue weighted by molar-refractivity contribution is -0.00427. The van der Waals surface area contributed by atoms with Gasteiger partial charge in [0.2, 0.25) is 0 Å². The third-order valence-corrected chi connectivity index (χ3v) is 4.12. The number of hydrogen-bond acceptors (Lipinski definition) is 3. The van der Waals surface area contributed by atoms with Crippen LogP contribution < -0.4 is 5.32 Å². The van der Waals surface area contributed by atoms with Gasteiger partial charge in [0.15, 0.2) is 0 Å². The second-order valence-electron chi connectivity index (χ2n) is 5.33. The molecule has 0 aromatic carbocycles. The van der Waals surface area contributed by atoms with Crippen molar-refractivity contribution in [2.45, 2.75) is 38.3 Å². The van der Waals surface area contributed by atoms with Gasteiger partial charge in [-0.3, -0.25) is 9.80 Å². The minimum absolute atomic E-state index is 0.649. The van der Waals surface area contributed by atoms with Gasteiger partial charge < -0.3 is 5.32 Å². The number of nitrogens with zero attached hydrogens (tertiary/aromatic N) is 2. The Labute approximate surface area is 106 Å². The van der Waals surface area contributed by atoms with E-state index in [-0.39, 0.29) is 0 Å². The van der Waals surface area contributed by atoms with Crippen LogP contribution in [-0.4, -0.2) is 61.2 Å². The lowest BCUT2D eigenvalue weighted by Crippen LogP contribution is -2.66. The van der Waals surface area contributed by atoms with E-state index < -0.39 is 0 Å². The van der Waals surface area contributed by atoms with Crippen LogP contribution in [0.3, 0.4) is 0 Å². The molecule has 17 heavy (non-hydrogen) atoms. The largest absolute Gasteiger partial charge is 0.312 e. The van der Waals surface area contributed by atoms with Crippen molar-refractivity contribution in [1.29, 1.82) is 0 Å². The fourth-order valence-corrected chi connectivity index (χ4v) is 3.10. The van der Waals surface area contributed by atoms with Gasteiger partial charge in [0.05, 0.1) is 0 Å². The Bertz CT molecular complexity index is 234. The van der Waals surface area contributed by atoms with E-state index in [4.69, 9.17) is 0 Å². The third kappa shape index (κ3) is 3.30. The Balaban J connectivity index is 1.91. The Hall–Kier alpha value is -0.380. The third-order valence-electron chi connectivity index (χ3n) is 4.12. The van der Waals surface area contributed by atoms with Gasteiger partial charge in [-0.2, -0.15) is 0 Å². The van der Waals surface area contributed by atoms with E-state index in [0.29, 0.717) is 6.04 Å². The molecule has 98 valence electrons. The van der Waals surface area contributed by atoms with Crippen molar-refractivity contribution in [3.8, 4) is 0 Å². The highest BCUT2D eigenvalue weighted by atomic mass is 15.4. The zero-order valence-corrected chi connectivity index (χ0v) is 11.2. The molecule has 0 radical (unpaired) electrons. The first-order valence-electron chi connectivity index (χ1n) is 7.15. The molecular weight excluding hydrogens is 210 g/mol. The second-order valence-corrected chi connectivity index (χ2v) is 5.33. The zero-order chi connectivity index (χ0) is 12.1. The summed E-state index contributed by atoms with van der Waals surface area (Å²) in [5.41, 5.74) is 0. The lowest BCUT2D eigenvalue weighted by Gasteiger charge is -2.50. The summed E-state index contributed by atoms with van der Waals surface area (Å²) in [5, 5.41) is 3.74. The number of hydrogen-bond donors (Lipinski definition) is 1. The van der Waals surface area contributed by atoms with Crippen molar-refractivity contribution in [2.24, 2.45) is 0 Å². The van der Waals surface area contributed by atoms with E-state index in [0.717, 1.165) is 19.0 Å². The summed E-state index contributed by atoms with van der Waals surface area (Å²) < 4.78 is 0. The van der Waals surface area contributed by atoms with Crippen molar-refractivity contribution >= 4 is 0 Å². The maximum Gasteiger partial charge on any atom is 0.0377 e. The molecule has 3 aliphatic rings. The molecule has 3 nitrogen and oxygen atoms in total. The second kappa shape index (κ2) is 6.53. The molecule has 2 unspecified atom stereocenters. The first kappa shape index (κ1) is 13.1. The van der Waals surface area contributed by atoms with Gasteiger partial charge in [0.25, 0.3) is 0 Å². The highest BCUT2D eigenvalue weighted by Crippen LogP contribution is 2.20. The molecule has 3 fully saturated rings. The average molecular weight is 237 g/mol. The summed E-state index contributed by atoms with van der Waals surface area (Å²) in [5.74, 6) is 0. The van der Waals surface area contributed by atoms with Crippen LogP contribution >= 0.6 is 0 Å². The normalized spacial score (nSPS) is 33.6. The van der Waals surface area contributed by atoms with Crippen LogP contribution in [0.4, 0.5) is 0 Å². The molecule has 2 atom stereocenters. The summed E-state index contributed by atoms with van der Waals surface area (Å²) in [6.07, 6.45) is 5.64. The van der Waals surface area contributed by atoms with Gasteiger partial charge in [-0.1, -0.05) is 13.0 Å². The monoisotopic (exact) mass is 237 g/mol. The number of nitrogens with one attached hydrogen (secondary N) is 1. The number of rotatable bonds is 7. The predicted octanol–water partition coefficient (Wildman–Crippen LogP) is 1.32. The number of allylic oxidation sites excluding steroid dienone is 1. The van der Waals surface area contributed by atoms with E-state index in [9.17, 15) is 0 Å². The topological polar surface area (TPSA) is 18.5 Å². The number of piperazine rings is 3. The van der Waals surface area contributed by atoms with Crippen LogP contribution in [0.2, 0.25) is 0 Å². The van der Waals surface area contributed by atoms with Crippen LogP contribution in [0.5, 0.6) is 0 Å². The molecule has 0 amide bonds. The quantitative estimate of drug-likeness (QED) is 0.674. The highest BCUT2D eigenvalue weighted by Gasteiger charge is 2.35. The molecule has 0 spiro atoms. The molecule has 3 rings (SSSR count). The van der Waals surface area contributed by atoms with E-state index in [1.165, 1.54) is 45.6 Å². The summed E-state index contributed by atoms with van der Waals surface area (Å²) in [4.78, 5) is 5.32. The maximum absolute atomic E-state index is 3.85. The van der Waals surface area contributed by atoms with E-state index >= 15 is 0 Å². The van der Waals surface area contributed by atoms with Crippen LogP contribution in [-0.2, 0) is 0 Å². The average Bonchev–Trinajstić information content (AvgIpc) is 2.40. The first-order chi connectivity index (χ1) is 8.35. The summed E-state index contributed by atoms with van der Waals surface area (Å²) >= 11 is 0. The minimum Gasteiger partial charge on any atom is -0.312 e. The molecule has 0 aliphatic carbocycles. The molecular formula is C14H27N3. The van der Waals surface area contributed by atoms with Crippen molar-refractivity contribution in [3.63, 3.8) is 0 Å². The molecule has 3 saturated heterocycles. The molecule has 3 aliphatic heterocycles. The molecule has 3 heteroatoms. The van der Waals surface area contributed by atoms with Crippen molar-refractivity contribution < 1.29 is 0 Å². The van der Waals surface area contributed by atoms with E-state index in [2.05, 4.69) is 34.7 Å². The lowest BCUT2D eigenvalue weighted by atomic mass is 9.96.